The summed E-state index contributed by atoms with van der Waals surface area (Å²) in [7, 11) is 0. The Kier molecular flexibility index (Phi) is 5.34. The predicted octanol–water partition coefficient (Wildman–Crippen LogP) is 0.948. The topological polar surface area (TPSA) is 26.3 Å². The minimum atomic E-state index is -0.293. The first kappa shape index (κ1) is 8.51. The van der Waals surface area contributed by atoms with Crippen LogP contribution in [0.1, 0.15) is 6.92 Å². The van der Waals surface area contributed by atoms with E-state index in [1.54, 1.807) is 0 Å². The quantitative estimate of drug-likeness (QED) is 0.350. The number of esters is 1. The summed E-state index contributed by atoms with van der Waals surface area (Å²) in [6.45, 7) is 1.55. The normalized spacial score (nSPS) is 7.33. The zero-order valence-electron chi connectivity index (χ0n) is 5.11. The van der Waals surface area contributed by atoms with Crippen LogP contribution in [0.5, 0.6) is 0 Å². The SMILES string of the molecule is CC(=O)OCC#CCBr. The maximum Gasteiger partial charge on any atom is 0.303 e. The molecule has 3 heteroatoms. The highest BCUT2D eigenvalue weighted by atomic mass is 79.9. The van der Waals surface area contributed by atoms with Crippen molar-refractivity contribution in [1.29, 1.82) is 0 Å². The largest absolute Gasteiger partial charge is 0.453 e. The fourth-order valence-electron chi connectivity index (χ4n) is 0.236. The van der Waals surface area contributed by atoms with Gasteiger partial charge in [0.2, 0.25) is 0 Å². The molecular weight excluding hydrogens is 184 g/mol. The average molecular weight is 191 g/mol. The molecule has 0 amide bonds. The van der Waals surface area contributed by atoms with E-state index in [-0.39, 0.29) is 12.6 Å². The first-order valence-corrected chi connectivity index (χ1v) is 3.54. The number of carbonyl (C=O) groups is 1. The summed E-state index contributed by atoms with van der Waals surface area (Å²) in [6.07, 6.45) is 0. The molecule has 0 heterocycles. The van der Waals surface area contributed by atoms with Gasteiger partial charge < -0.3 is 4.74 Å². The molecule has 2 nitrogen and oxygen atoms in total. The maximum absolute atomic E-state index is 10.1. The minimum Gasteiger partial charge on any atom is -0.453 e. The molecule has 0 aliphatic rings. The van der Waals surface area contributed by atoms with Crippen LogP contribution in [0.2, 0.25) is 0 Å². The van der Waals surface area contributed by atoms with Gasteiger partial charge in [0, 0.05) is 6.92 Å². The molecule has 0 fully saturated rings. The second-order valence-electron chi connectivity index (χ2n) is 1.27. The molecule has 0 aliphatic heterocycles. The molecule has 0 bridgehead atoms. The molecule has 0 radical (unpaired) electrons. The Morgan fingerprint density at radius 2 is 2.33 bits per heavy atom. The molecule has 0 saturated heterocycles. The van der Waals surface area contributed by atoms with Crippen molar-refractivity contribution in [3.8, 4) is 11.8 Å². The molecule has 0 N–H and O–H groups in total. The first-order valence-electron chi connectivity index (χ1n) is 2.42. The van der Waals surface area contributed by atoms with E-state index in [1.807, 2.05) is 0 Å². The monoisotopic (exact) mass is 190 g/mol. The molecule has 0 spiro atoms. The first-order chi connectivity index (χ1) is 4.27. The van der Waals surface area contributed by atoms with Crippen molar-refractivity contribution in [1.82, 2.24) is 0 Å². The Bertz CT molecular complexity index is 143. The fraction of sp³-hybridized carbons (Fsp3) is 0.500. The zero-order chi connectivity index (χ0) is 7.11. The molecule has 0 aromatic heterocycles. The highest BCUT2D eigenvalue weighted by molar-refractivity contribution is 9.09. The van der Waals surface area contributed by atoms with Crippen molar-refractivity contribution in [2.75, 3.05) is 11.9 Å². The molecule has 50 valence electrons. The lowest BCUT2D eigenvalue weighted by molar-refractivity contribution is -0.139. The van der Waals surface area contributed by atoms with Gasteiger partial charge in [-0.05, 0) is 0 Å². The van der Waals surface area contributed by atoms with Crippen molar-refractivity contribution in [2.24, 2.45) is 0 Å². The van der Waals surface area contributed by atoms with Crippen LogP contribution in [-0.2, 0) is 9.53 Å². The Morgan fingerprint density at radius 1 is 1.67 bits per heavy atom. The van der Waals surface area contributed by atoms with Crippen molar-refractivity contribution in [3.63, 3.8) is 0 Å². The van der Waals surface area contributed by atoms with Gasteiger partial charge in [-0.2, -0.15) is 0 Å². The molecule has 0 saturated carbocycles. The smallest absolute Gasteiger partial charge is 0.303 e. The third kappa shape index (κ3) is 7.51. The van der Waals surface area contributed by atoms with Gasteiger partial charge in [0.1, 0.15) is 0 Å². The molecule has 0 aromatic carbocycles. The fourth-order valence-corrected chi connectivity index (χ4v) is 0.434. The number of carbonyl (C=O) groups excluding carboxylic acids is 1. The molecular formula is C6H7BrO2. The predicted molar refractivity (Wildman–Crippen MR) is 38.2 cm³/mol. The van der Waals surface area contributed by atoms with Crippen molar-refractivity contribution >= 4 is 21.9 Å². The third-order valence-electron chi connectivity index (χ3n) is 0.539. The Morgan fingerprint density at radius 3 is 2.78 bits per heavy atom. The van der Waals surface area contributed by atoms with Crippen molar-refractivity contribution < 1.29 is 9.53 Å². The third-order valence-corrected chi connectivity index (χ3v) is 0.820. The maximum atomic E-state index is 10.1. The van der Waals surface area contributed by atoms with Gasteiger partial charge in [-0.15, -0.1) is 0 Å². The Balaban J connectivity index is 3.19. The van der Waals surface area contributed by atoms with Crippen LogP contribution < -0.4 is 0 Å². The number of ether oxygens (including phenoxy) is 1. The van der Waals surface area contributed by atoms with E-state index in [1.165, 1.54) is 6.92 Å². The van der Waals surface area contributed by atoms with E-state index in [9.17, 15) is 4.79 Å². The lowest BCUT2D eigenvalue weighted by Crippen LogP contribution is -1.97. The van der Waals surface area contributed by atoms with Gasteiger partial charge in [-0.1, -0.05) is 27.8 Å². The molecule has 0 atom stereocenters. The highest BCUT2D eigenvalue weighted by Gasteiger charge is 1.84. The van der Waals surface area contributed by atoms with Crippen LogP contribution in [0, 0.1) is 11.8 Å². The second kappa shape index (κ2) is 5.64. The highest BCUT2D eigenvalue weighted by Crippen LogP contribution is 1.75. The Labute approximate surface area is 62.7 Å². The van der Waals surface area contributed by atoms with Crippen LogP contribution in [0.4, 0.5) is 0 Å². The molecule has 0 unspecified atom stereocenters. The van der Waals surface area contributed by atoms with Crippen molar-refractivity contribution in [3.05, 3.63) is 0 Å². The average Bonchev–Trinajstić information content (AvgIpc) is 1.80. The summed E-state index contributed by atoms with van der Waals surface area (Å²) in [5, 5.41) is 0.619. The van der Waals surface area contributed by atoms with Gasteiger partial charge in [0.05, 0.1) is 5.33 Å². The van der Waals surface area contributed by atoms with Gasteiger partial charge in [0.25, 0.3) is 0 Å². The standard InChI is InChI=1S/C6H7BrO2/c1-6(8)9-5-3-2-4-7/h4-5H2,1H3. The van der Waals surface area contributed by atoms with Crippen LogP contribution in [-0.4, -0.2) is 17.9 Å². The van der Waals surface area contributed by atoms with E-state index < -0.39 is 0 Å². The number of hydrogen-bond donors (Lipinski definition) is 0. The molecule has 0 aromatic rings. The molecule has 9 heavy (non-hydrogen) atoms. The van der Waals surface area contributed by atoms with Crippen LogP contribution in [0.3, 0.4) is 0 Å². The molecule has 0 rings (SSSR count). The minimum absolute atomic E-state index is 0.195. The summed E-state index contributed by atoms with van der Waals surface area (Å²) in [5.74, 6) is 5.03. The van der Waals surface area contributed by atoms with Crippen LogP contribution in [0.15, 0.2) is 0 Å². The number of halogens is 1. The zero-order valence-corrected chi connectivity index (χ0v) is 6.69. The lowest BCUT2D eigenvalue weighted by Gasteiger charge is -1.90. The van der Waals surface area contributed by atoms with E-state index >= 15 is 0 Å². The number of alkyl halides is 1. The van der Waals surface area contributed by atoms with Gasteiger partial charge in [-0.3, -0.25) is 4.79 Å². The lowest BCUT2D eigenvalue weighted by atomic mass is 10.6. The van der Waals surface area contributed by atoms with E-state index in [0.717, 1.165) is 0 Å². The van der Waals surface area contributed by atoms with E-state index in [2.05, 4.69) is 32.5 Å². The van der Waals surface area contributed by atoms with E-state index in [4.69, 9.17) is 0 Å². The molecule has 0 aliphatic carbocycles. The van der Waals surface area contributed by atoms with Gasteiger partial charge >= 0.3 is 5.97 Å². The van der Waals surface area contributed by atoms with Crippen LogP contribution >= 0.6 is 15.9 Å². The van der Waals surface area contributed by atoms with Gasteiger partial charge in [-0.25, -0.2) is 0 Å². The summed E-state index contributed by atoms with van der Waals surface area (Å²) in [5.41, 5.74) is 0. The Hall–Kier alpha value is -0.490. The number of hydrogen-bond acceptors (Lipinski definition) is 2. The van der Waals surface area contributed by atoms with E-state index in [0.29, 0.717) is 5.33 Å². The summed E-state index contributed by atoms with van der Waals surface area (Å²) in [6, 6.07) is 0. The van der Waals surface area contributed by atoms with Gasteiger partial charge in [0.15, 0.2) is 6.61 Å². The van der Waals surface area contributed by atoms with Crippen molar-refractivity contribution in [2.45, 2.75) is 6.92 Å². The summed E-state index contributed by atoms with van der Waals surface area (Å²) in [4.78, 5) is 10.1. The second-order valence-corrected chi connectivity index (χ2v) is 1.83. The van der Waals surface area contributed by atoms with Crippen LogP contribution in [0.25, 0.3) is 0 Å². The summed E-state index contributed by atoms with van der Waals surface area (Å²) < 4.78 is 4.51. The summed E-state index contributed by atoms with van der Waals surface area (Å²) >= 11 is 3.10. The number of rotatable bonds is 1.